The Morgan fingerprint density at radius 1 is 1.47 bits per heavy atom. The number of hydrogen-bond acceptors (Lipinski definition) is 3. The lowest BCUT2D eigenvalue weighted by molar-refractivity contribution is -0.115. The molecule has 5 heteroatoms. The molecule has 1 aromatic carbocycles. The van der Waals surface area contributed by atoms with Crippen molar-refractivity contribution in [1.82, 2.24) is 0 Å². The number of carbonyl (C=O) groups is 1. The lowest BCUT2D eigenvalue weighted by atomic mass is 10.2. The van der Waals surface area contributed by atoms with E-state index in [0.29, 0.717) is 28.8 Å². The molecule has 1 amide bonds. The molecule has 4 nitrogen and oxygen atoms in total. The minimum absolute atomic E-state index is 0.122. The SMILES string of the molecule is CCC(C)CS(=O)CCC(=O)Nc1cccc(N)c1. The molecule has 19 heavy (non-hydrogen) atoms. The average molecular weight is 282 g/mol. The van der Waals surface area contributed by atoms with Crippen LogP contribution in [0.15, 0.2) is 24.3 Å². The zero-order chi connectivity index (χ0) is 14.3. The fourth-order valence-electron chi connectivity index (χ4n) is 1.56. The molecule has 0 bridgehead atoms. The molecule has 106 valence electrons. The Labute approximate surface area is 117 Å². The summed E-state index contributed by atoms with van der Waals surface area (Å²) in [6.45, 7) is 4.15. The van der Waals surface area contributed by atoms with E-state index < -0.39 is 10.8 Å². The molecule has 0 aliphatic carbocycles. The summed E-state index contributed by atoms with van der Waals surface area (Å²) in [7, 11) is -0.918. The summed E-state index contributed by atoms with van der Waals surface area (Å²) in [5.41, 5.74) is 6.91. The molecule has 0 saturated heterocycles. The highest BCUT2D eigenvalue weighted by molar-refractivity contribution is 7.85. The number of amides is 1. The fourth-order valence-corrected chi connectivity index (χ4v) is 3.02. The molecule has 2 atom stereocenters. The van der Waals surface area contributed by atoms with Crippen molar-refractivity contribution >= 4 is 28.1 Å². The van der Waals surface area contributed by atoms with Crippen LogP contribution in [-0.2, 0) is 15.6 Å². The molecule has 0 radical (unpaired) electrons. The molecule has 3 N–H and O–H groups in total. The highest BCUT2D eigenvalue weighted by Gasteiger charge is 2.09. The van der Waals surface area contributed by atoms with E-state index >= 15 is 0 Å². The van der Waals surface area contributed by atoms with Crippen LogP contribution in [0.4, 0.5) is 11.4 Å². The van der Waals surface area contributed by atoms with Crippen LogP contribution < -0.4 is 11.1 Å². The van der Waals surface area contributed by atoms with Crippen LogP contribution in [0.25, 0.3) is 0 Å². The van der Waals surface area contributed by atoms with Crippen molar-refractivity contribution in [2.75, 3.05) is 22.6 Å². The van der Waals surface area contributed by atoms with Gasteiger partial charge in [0.15, 0.2) is 0 Å². The van der Waals surface area contributed by atoms with E-state index in [1.807, 2.05) is 0 Å². The van der Waals surface area contributed by atoms with Crippen LogP contribution in [0.5, 0.6) is 0 Å². The summed E-state index contributed by atoms with van der Waals surface area (Å²) < 4.78 is 11.7. The molecular formula is C14H22N2O2S. The summed E-state index contributed by atoms with van der Waals surface area (Å²) in [6.07, 6.45) is 1.29. The highest BCUT2D eigenvalue weighted by Crippen LogP contribution is 2.12. The quantitative estimate of drug-likeness (QED) is 0.754. The molecule has 0 aliphatic heterocycles. The van der Waals surface area contributed by atoms with Crippen molar-refractivity contribution in [2.45, 2.75) is 26.7 Å². The second kappa shape index (κ2) is 7.94. The normalized spacial score (nSPS) is 13.8. The van der Waals surface area contributed by atoms with Crippen LogP contribution in [0.2, 0.25) is 0 Å². The van der Waals surface area contributed by atoms with E-state index in [1.165, 1.54) is 0 Å². The first-order chi connectivity index (χ1) is 9.01. The molecule has 2 unspecified atom stereocenters. The van der Waals surface area contributed by atoms with E-state index in [1.54, 1.807) is 24.3 Å². The number of anilines is 2. The minimum atomic E-state index is -0.918. The van der Waals surface area contributed by atoms with Crippen LogP contribution in [0.3, 0.4) is 0 Å². The number of rotatable bonds is 7. The second-order valence-electron chi connectivity index (χ2n) is 4.75. The van der Waals surface area contributed by atoms with Gasteiger partial charge < -0.3 is 11.1 Å². The maximum Gasteiger partial charge on any atom is 0.225 e. The Hall–Kier alpha value is -1.36. The van der Waals surface area contributed by atoms with Crippen molar-refractivity contribution in [3.8, 4) is 0 Å². The van der Waals surface area contributed by atoms with Crippen LogP contribution >= 0.6 is 0 Å². The van der Waals surface area contributed by atoms with E-state index in [0.717, 1.165) is 6.42 Å². The number of nitrogen functional groups attached to an aromatic ring is 1. The molecule has 0 aromatic heterocycles. The zero-order valence-electron chi connectivity index (χ0n) is 11.5. The Kier molecular flexibility index (Phi) is 6.56. The van der Waals surface area contributed by atoms with Crippen LogP contribution in [-0.4, -0.2) is 21.6 Å². The van der Waals surface area contributed by atoms with Crippen molar-refractivity contribution < 1.29 is 9.00 Å². The van der Waals surface area contributed by atoms with Gasteiger partial charge in [0.2, 0.25) is 5.91 Å². The summed E-state index contributed by atoms with van der Waals surface area (Å²) in [4.78, 5) is 11.7. The van der Waals surface area contributed by atoms with Crippen LogP contribution in [0, 0.1) is 5.92 Å². The summed E-state index contributed by atoms with van der Waals surface area (Å²) in [5.74, 6) is 1.40. The predicted molar refractivity (Wildman–Crippen MR) is 81.4 cm³/mol. The van der Waals surface area contributed by atoms with Gasteiger partial charge in [-0.3, -0.25) is 9.00 Å². The topological polar surface area (TPSA) is 72.2 Å². The molecule has 0 aliphatic rings. The first-order valence-corrected chi connectivity index (χ1v) is 8.00. The summed E-state index contributed by atoms with van der Waals surface area (Å²) in [6, 6.07) is 7.03. The van der Waals surface area contributed by atoms with Crippen molar-refractivity contribution in [2.24, 2.45) is 5.92 Å². The van der Waals surface area contributed by atoms with E-state index in [9.17, 15) is 9.00 Å². The van der Waals surface area contributed by atoms with Gasteiger partial charge in [-0.05, 0) is 24.1 Å². The van der Waals surface area contributed by atoms with Gasteiger partial charge in [0, 0.05) is 40.1 Å². The van der Waals surface area contributed by atoms with Gasteiger partial charge in [-0.2, -0.15) is 0 Å². The summed E-state index contributed by atoms with van der Waals surface area (Å²) >= 11 is 0. The van der Waals surface area contributed by atoms with Crippen LogP contribution in [0.1, 0.15) is 26.7 Å². The lowest BCUT2D eigenvalue weighted by Gasteiger charge is -2.08. The van der Waals surface area contributed by atoms with Gasteiger partial charge in [-0.1, -0.05) is 26.3 Å². The predicted octanol–water partition coefficient (Wildman–Crippen LogP) is 2.39. The fraction of sp³-hybridized carbons (Fsp3) is 0.500. The van der Waals surface area contributed by atoms with Crippen molar-refractivity contribution in [3.05, 3.63) is 24.3 Å². The first-order valence-electron chi connectivity index (χ1n) is 6.51. The number of nitrogens with one attached hydrogen (secondary N) is 1. The Morgan fingerprint density at radius 2 is 2.21 bits per heavy atom. The smallest absolute Gasteiger partial charge is 0.225 e. The molecule has 1 rings (SSSR count). The van der Waals surface area contributed by atoms with Gasteiger partial charge in [-0.15, -0.1) is 0 Å². The lowest BCUT2D eigenvalue weighted by Crippen LogP contribution is -2.17. The van der Waals surface area contributed by atoms with Gasteiger partial charge in [0.05, 0.1) is 0 Å². The molecule has 1 aromatic rings. The van der Waals surface area contributed by atoms with Crippen molar-refractivity contribution in [3.63, 3.8) is 0 Å². The third kappa shape index (κ3) is 6.38. The minimum Gasteiger partial charge on any atom is -0.399 e. The first kappa shape index (κ1) is 15.7. The third-order valence-corrected chi connectivity index (χ3v) is 4.49. The monoisotopic (exact) mass is 282 g/mol. The average Bonchev–Trinajstić information content (AvgIpc) is 2.36. The van der Waals surface area contributed by atoms with Gasteiger partial charge >= 0.3 is 0 Å². The number of benzene rings is 1. The number of carbonyl (C=O) groups excluding carboxylic acids is 1. The third-order valence-electron chi connectivity index (χ3n) is 2.89. The van der Waals surface area contributed by atoms with Gasteiger partial charge in [-0.25, -0.2) is 0 Å². The Morgan fingerprint density at radius 3 is 2.84 bits per heavy atom. The van der Waals surface area contributed by atoms with Gasteiger partial charge in [0.25, 0.3) is 0 Å². The standard InChI is InChI=1S/C14H22N2O2S/c1-3-11(2)10-19(18)8-7-14(17)16-13-6-4-5-12(15)9-13/h4-6,9,11H,3,7-8,10,15H2,1-2H3,(H,16,17). The highest BCUT2D eigenvalue weighted by atomic mass is 32.2. The second-order valence-corrected chi connectivity index (χ2v) is 6.37. The molecule has 0 saturated carbocycles. The Bertz CT molecular complexity index is 449. The maximum absolute atomic E-state index is 11.7. The maximum atomic E-state index is 11.7. The number of hydrogen-bond donors (Lipinski definition) is 2. The molecule has 0 fully saturated rings. The van der Waals surface area contributed by atoms with E-state index in [4.69, 9.17) is 5.73 Å². The largest absolute Gasteiger partial charge is 0.399 e. The van der Waals surface area contributed by atoms with E-state index in [2.05, 4.69) is 19.2 Å². The zero-order valence-corrected chi connectivity index (χ0v) is 12.3. The molecular weight excluding hydrogens is 260 g/mol. The van der Waals surface area contributed by atoms with E-state index in [-0.39, 0.29) is 12.3 Å². The Balaban J connectivity index is 2.34. The molecule has 0 heterocycles. The summed E-state index contributed by atoms with van der Waals surface area (Å²) in [5, 5.41) is 2.75. The number of nitrogens with two attached hydrogens (primary N) is 1. The molecule has 0 spiro atoms. The van der Waals surface area contributed by atoms with Gasteiger partial charge in [0.1, 0.15) is 0 Å². The van der Waals surface area contributed by atoms with Crippen molar-refractivity contribution in [1.29, 1.82) is 0 Å².